The Morgan fingerprint density at radius 1 is 0.800 bits per heavy atom. The van der Waals surface area contributed by atoms with Crippen molar-refractivity contribution in [2.45, 2.75) is 11.8 Å². The monoisotopic (exact) mass is 494 g/mol. The van der Waals surface area contributed by atoms with Crippen LogP contribution in [-0.2, 0) is 10.0 Å². The number of nitrogens with zero attached hydrogens (tertiary/aromatic N) is 2. The summed E-state index contributed by atoms with van der Waals surface area (Å²) in [6.45, 7) is 3.24. The number of esters is 1. The van der Waals surface area contributed by atoms with E-state index in [1.54, 1.807) is 0 Å². The minimum absolute atomic E-state index is 0.0269. The summed E-state index contributed by atoms with van der Waals surface area (Å²) < 4.78 is 38.6. The third-order valence-electron chi connectivity index (χ3n) is 5.84. The Morgan fingerprint density at radius 2 is 1.51 bits per heavy atom. The van der Waals surface area contributed by atoms with Gasteiger partial charge in [0.1, 0.15) is 0 Å². The van der Waals surface area contributed by atoms with Crippen molar-refractivity contribution in [3.8, 4) is 11.5 Å². The van der Waals surface area contributed by atoms with Crippen molar-refractivity contribution < 1.29 is 27.5 Å². The van der Waals surface area contributed by atoms with Gasteiger partial charge in [0.05, 0.1) is 17.6 Å². The first-order valence-electron chi connectivity index (χ1n) is 11.1. The van der Waals surface area contributed by atoms with E-state index in [1.165, 1.54) is 60.8 Å². The van der Waals surface area contributed by atoms with E-state index in [1.807, 2.05) is 30.3 Å². The molecule has 35 heavy (non-hydrogen) atoms. The van der Waals surface area contributed by atoms with Gasteiger partial charge in [-0.3, -0.25) is 4.79 Å². The van der Waals surface area contributed by atoms with Crippen LogP contribution in [0.5, 0.6) is 11.5 Å². The molecule has 1 heterocycles. The molecule has 1 aliphatic heterocycles. The van der Waals surface area contributed by atoms with Crippen LogP contribution < -0.4 is 14.4 Å². The summed E-state index contributed by atoms with van der Waals surface area (Å²) in [4.78, 5) is 26.6. The molecule has 3 aromatic carbocycles. The fourth-order valence-electron chi connectivity index (χ4n) is 3.89. The Hall–Kier alpha value is -3.69. The number of rotatable bonds is 7. The molecule has 0 radical (unpaired) electrons. The van der Waals surface area contributed by atoms with Crippen LogP contribution in [0, 0.1) is 0 Å². The number of Topliss-reactive ketones (excluding diaryl/α,β-unsaturated/α-hetero) is 1. The maximum atomic E-state index is 13.3. The van der Waals surface area contributed by atoms with Gasteiger partial charge in [-0.25, -0.2) is 13.2 Å². The quantitative estimate of drug-likeness (QED) is 0.281. The first kappa shape index (κ1) is 24.4. The van der Waals surface area contributed by atoms with E-state index in [4.69, 9.17) is 9.47 Å². The van der Waals surface area contributed by atoms with Crippen LogP contribution in [0.3, 0.4) is 0 Å². The summed E-state index contributed by atoms with van der Waals surface area (Å²) in [5.41, 5.74) is 1.56. The number of sulfonamides is 1. The van der Waals surface area contributed by atoms with Crippen LogP contribution in [-0.4, -0.2) is 57.8 Å². The van der Waals surface area contributed by atoms with Crippen LogP contribution in [0.2, 0.25) is 0 Å². The highest BCUT2D eigenvalue weighted by Gasteiger charge is 2.29. The normalized spacial score (nSPS) is 14.4. The zero-order valence-electron chi connectivity index (χ0n) is 19.5. The number of carbonyl (C=O) groups excluding carboxylic acids is 2. The second kappa shape index (κ2) is 10.3. The van der Waals surface area contributed by atoms with Crippen LogP contribution in [0.4, 0.5) is 5.69 Å². The van der Waals surface area contributed by atoms with E-state index in [0.29, 0.717) is 31.7 Å². The molecule has 4 rings (SSSR count). The number of para-hydroxylation sites is 1. The van der Waals surface area contributed by atoms with E-state index in [-0.39, 0.29) is 27.7 Å². The highest BCUT2D eigenvalue weighted by atomic mass is 32.2. The van der Waals surface area contributed by atoms with Crippen molar-refractivity contribution >= 4 is 27.5 Å². The summed E-state index contributed by atoms with van der Waals surface area (Å²) in [5.74, 6) is -0.521. The Kier molecular flexibility index (Phi) is 7.18. The molecule has 182 valence electrons. The smallest absolute Gasteiger partial charge is 0.343 e. The molecule has 3 aromatic rings. The summed E-state index contributed by atoms with van der Waals surface area (Å²) in [6, 6.07) is 20.1. The molecule has 1 fully saturated rings. The molecule has 0 N–H and O–H groups in total. The number of piperazine rings is 1. The SMILES string of the molecule is COc1cc(C(C)=O)ccc1OC(=O)c1cccc(S(=O)(=O)N2CCN(c3ccccc3)CC2)c1. The number of hydrogen-bond donors (Lipinski definition) is 0. The molecule has 9 heteroatoms. The molecule has 1 aliphatic rings. The average molecular weight is 495 g/mol. The molecule has 0 unspecified atom stereocenters. The highest BCUT2D eigenvalue weighted by molar-refractivity contribution is 7.89. The number of hydrogen-bond acceptors (Lipinski definition) is 7. The van der Waals surface area contributed by atoms with Crippen molar-refractivity contribution in [3.05, 3.63) is 83.9 Å². The fourth-order valence-corrected chi connectivity index (χ4v) is 5.36. The number of methoxy groups -OCH3 is 1. The average Bonchev–Trinajstić information content (AvgIpc) is 2.89. The predicted molar refractivity (Wildman–Crippen MR) is 132 cm³/mol. The van der Waals surface area contributed by atoms with Gasteiger partial charge in [-0.2, -0.15) is 4.31 Å². The van der Waals surface area contributed by atoms with Gasteiger partial charge < -0.3 is 14.4 Å². The molecule has 0 spiro atoms. The molecule has 0 saturated carbocycles. The van der Waals surface area contributed by atoms with Crippen molar-refractivity contribution in [3.63, 3.8) is 0 Å². The van der Waals surface area contributed by atoms with E-state index >= 15 is 0 Å². The van der Waals surface area contributed by atoms with Crippen molar-refractivity contribution in [1.29, 1.82) is 0 Å². The lowest BCUT2D eigenvalue weighted by Crippen LogP contribution is -2.48. The minimum atomic E-state index is -3.79. The second-order valence-electron chi connectivity index (χ2n) is 8.07. The zero-order valence-corrected chi connectivity index (χ0v) is 20.3. The summed E-state index contributed by atoms with van der Waals surface area (Å²) in [7, 11) is -2.38. The summed E-state index contributed by atoms with van der Waals surface area (Å²) >= 11 is 0. The molecule has 0 bridgehead atoms. The Balaban J connectivity index is 1.48. The second-order valence-corrected chi connectivity index (χ2v) is 10.0. The number of ether oxygens (including phenoxy) is 2. The van der Waals surface area contributed by atoms with Gasteiger partial charge in [0.15, 0.2) is 17.3 Å². The lowest BCUT2D eigenvalue weighted by atomic mass is 10.1. The number of carbonyl (C=O) groups is 2. The predicted octanol–water partition coefficient (Wildman–Crippen LogP) is 3.63. The standard InChI is InChI=1S/C26H26N2O6S/c1-19(29)20-11-12-24(25(18-20)33-2)34-26(30)21-7-6-10-23(17-21)35(31,32)28-15-13-27(14-16-28)22-8-4-3-5-9-22/h3-12,17-18H,13-16H2,1-2H3. The van der Waals surface area contributed by atoms with Crippen molar-refractivity contribution in [2.75, 3.05) is 38.2 Å². The van der Waals surface area contributed by atoms with E-state index < -0.39 is 16.0 Å². The number of benzene rings is 3. The van der Waals surface area contributed by atoms with Gasteiger partial charge in [-0.15, -0.1) is 0 Å². The van der Waals surface area contributed by atoms with Gasteiger partial charge in [0.2, 0.25) is 10.0 Å². The maximum Gasteiger partial charge on any atom is 0.343 e. The lowest BCUT2D eigenvalue weighted by Gasteiger charge is -2.35. The number of anilines is 1. The van der Waals surface area contributed by atoms with Crippen LogP contribution in [0.1, 0.15) is 27.6 Å². The van der Waals surface area contributed by atoms with Gasteiger partial charge in [0.25, 0.3) is 0 Å². The molecule has 8 nitrogen and oxygen atoms in total. The first-order chi connectivity index (χ1) is 16.8. The van der Waals surface area contributed by atoms with Crippen molar-refractivity contribution in [2.24, 2.45) is 0 Å². The lowest BCUT2D eigenvalue weighted by molar-refractivity contribution is 0.0729. The summed E-state index contributed by atoms with van der Waals surface area (Å²) in [6.07, 6.45) is 0. The highest BCUT2D eigenvalue weighted by Crippen LogP contribution is 2.29. The minimum Gasteiger partial charge on any atom is -0.493 e. The molecule has 1 saturated heterocycles. The molecule has 0 atom stereocenters. The Bertz CT molecular complexity index is 1330. The zero-order chi connectivity index (χ0) is 25.0. The van der Waals surface area contributed by atoms with Gasteiger partial charge >= 0.3 is 5.97 Å². The van der Waals surface area contributed by atoms with E-state index in [9.17, 15) is 18.0 Å². The number of ketones is 1. The van der Waals surface area contributed by atoms with Crippen molar-refractivity contribution in [1.82, 2.24) is 4.31 Å². The third-order valence-corrected chi connectivity index (χ3v) is 7.73. The van der Waals surface area contributed by atoms with Crippen LogP contribution in [0.25, 0.3) is 0 Å². The van der Waals surface area contributed by atoms with Crippen LogP contribution >= 0.6 is 0 Å². The largest absolute Gasteiger partial charge is 0.493 e. The summed E-state index contributed by atoms with van der Waals surface area (Å²) in [5, 5.41) is 0. The third kappa shape index (κ3) is 5.36. The van der Waals surface area contributed by atoms with E-state index in [2.05, 4.69) is 4.90 Å². The fraction of sp³-hybridized carbons (Fsp3) is 0.231. The maximum absolute atomic E-state index is 13.3. The molecular formula is C26H26N2O6S. The Labute approximate surface area is 204 Å². The van der Waals surface area contributed by atoms with Gasteiger partial charge in [0, 0.05) is 37.4 Å². The topological polar surface area (TPSA) is 93.2 Å². The first-order valence-corrected chi connectivity index (χ1v) is 12.5. The van der Waals surface area contributed by atoms with Crippen LogP contribution in [0.15, 0.2) is 77.7 Å². The van der Waals surface area contributed by atoms with Gasteiger partial charge in [-0.05, 0) is 55.5 Å². The Morgan fingerprint density at radius 3 is 2.17 bits per heavy atom. The molecule has 0 aliphatic carbocycles. The molecule has 0 amide bonds. The molecule has 0 aromatic heterocycles. The van der Waals surface area contributed by atoms with E-state index in [0.717, 1.165) is 5.69 Å². The molecular weight excluding hydrogens is 468 g/mol. The van der Waals surface area contributed by atoms with Gasteiger partial charge in [-0.1, -0.05) is 24.3 Å².